The summed E-state index contributed by atoms with van der Waals surface area (Å²) in [5, 5.41) is 3.11. The summed E-state index contributed by atoms with van der Waals surface area (Å²) in [6.07, 6.45) is 3.28. The molecule has 1 aromatic heterocycles. The van der Waals surface area contributed by atoms with Crippen molar-refractivity contribution in [2.45, 2.75) is 19.9 Å². The van der Waals surface area contributed by atoms with Gasteiger partial charge in [0.2, 0.25) is 0 Å². The van der Waals surface area contributed by atoms with Crippen molar-refractivity contribution in [1.29, 1.82) is 0 Å². The van der Waals surface area contributed by atoms with Crippen LogP contribution < -0.4 is 5.32 Å². The van der Waals surface area contributed by atoms with Crippen molar-refractivity contribution in [3.05, 3.63) is 52.3 Å². The zero-order valence-corrected chi connectivity index (χ0v) is 11.7. The van der Waals surface area contributed by atoms with Crippen molar-refractivity contribution >= 4 is 21.6 Å². The van der Waals surface area contributed by atoms with E-state index in [-0.39, 0.29) is 11.9 Å². The lowest BCUT2D eigenvalue weighted by Gasteiger charge is -2.17. The summed E-state index contributed by atoms with van der Waals surface area (Å²) >= 11 is 3.33. The fourth-order valence-corrected chi connectivity index (χ4v) is 2.22. The number of aromatic nitrogens is 2. The van der Waals surface area contributed by atoms with Crippen molar-refractivity contribution in [3.63, 3.8) is 0 Å². The lowest BCUT2D eigenvalue weighted by Crippen LogP contribution is -2.12. The predicted octanol–water partition coefficient (Wildman–Crippen LogP) is 3.86. The Bertz CT molecular complexity index is 539. The third kappa shape index (κ3) is 2.67. The fourth-order valence-electron chi connectivity index (χ4n) is 1.76. The summed E-state index contributed by atoms with van der Waals surface area (Å²) in [5.41, 5.74) is 2.09. The molecule has 1 aromatic carbocycles. The van der Waals surface area contributed by atoms with Gasteiger partial charge < -0.3 is 5.32 Å². The maximum atomic E-state index is 13.7. The Kier molecular flexibility index (Phi) is 3.91. The second-order valence-electron chi connectivity index (χ2n) is 3.99. The minimum atomic E-state index is -0.294. The first-order valence-corrected chi connectivity index (χ1v) is 6.37. The predicted molar refractivity (Wildman–Crippen MR) is 72.9 cm³/mol. The maximum Gasteiger partial charge on any atom is 0.147 e. The van der Waals surface area contributed by atoms with Crippen molar-refractivity contribution in [2.75, 3.05) is 5.32 Å². The van der Waals surface area contributed by atoms with Crippen molar-refractivity contribution in [1.82, 2.24) is 9.97 Å². The SMILES string of the molecule is Cc1nccnc1C(C)Nc1c(F)cccc1Br. The van der Waals surface area contributed by atoms with Gasteiger partial charge in [0.05, 0.1) is 23.1 Å². The molecule has 0 saturated heterocycles. The van der Waals surface area contributed by atoms with E-state index in [1.807, 2.05) is 13.8 Å². The van der Waals surface area contributed by atoms with Gasteiger partial charge in [0.15, 0.2) is 0 Å². The summed E-state index contributed by atoms with van der Waals surface area (Å²) in [7, 11) is 0. The van der Waals surface area contributed by atoms with E-state index >= 15 is 0 Å². The Labute approximate surface area is 114 Å². The standard InChI is InChI=1S/C13H13BrFN3/c1-8-12(17-7-6-16-8)9(2)18-13-10(14)4-3-5-11(13)15/h3-7,9,18H,1-2H3. The molecule has 94 valence electrons. The third-order valence-electron chi connectivity index (χ3n) is 2.65. The molecule has 0 bridgehead atoms. The van der Waals surface area contributed by atoms with E-state index < -0.39 is 0 Å². The molecule has 0 aliphatic heterocycles. The van der Waals surface area contributed by atoms with Crippen LogP contribution in [0, 0.1) is 12.7 Å². The number of hydrogen-bond donors (Lipinski definition) is 1. The smallest absolute Gasteiger partial charge is 0.147 e. The number of rotatable bonds is 3. The van der Waals surface area contributed by atoms with Gasteiger partial charge >= 0.3 is 0 Å². The highest BCUT2D eigenvalue weighted by Gasteiger charge is 2.14. The minimum absolute atomic E-state index is 0.119. The number of nitrogens with one attached hydrogen (secondary N) is 1. The third-order valence-corrected chi connectivity index (χ3v) is 3.31. The van der Waals surface area contributed by atoms with E-state index in [4.69, 9.17) is 0 Å². The van der Waals surface area contributed by atoms with E-state index in [2.05, 4.69) is 31.2 Å². The Balaban J connectivity index is 2.27. The van der Waals surface area contributed by atoms with E-state index in [0.29, 0.717) is 10.2 Å². The van der Waals surface area contributed by atoms with Gasteiger partial charge in [-0.2, -0.15) is 0 Å². The molecule has 0 radical (unpaired) electrons. The summed E-state index contributed by atoms with van der Waals surface area (Å²) in [5.74, 6) is -0.294. The molecule has 1 heterocycles. The molecule has 1 atom stereocenters. The molecule has 5 heteroatoms. The molecule has 0 saturated carbocycles. The molecule has 0 aliphatic carbocycles. The van der Waals surface area contributed by atoms with Crippen LogP contribution in [0.5, 0.6) is 0 Å². The molecule has 3 nitrogen and oxygen atoms in total. The Hall–Kier alpha value is -1.49. The van der Waals surface area contributed by atoms with Gasteiger partial charge in [-0.05, 0) is 41.9 Å². The first-order chi connectivity index (χ1) is 8.59. The number of anilines is 1. The van der Waals surface area contributed by atoms with Gasteiger partial charge in [-0.3, -0.25) is 9.97 Å². The van der Waals surface area contributed by atoms with E-state index in [0.717, 1.165) is 11.4 Å². The molecule has 0 aliphatic rings. The van der Waals surface area contributed by atoms with Crippen LogP contribution in [0.15, 0.2) is 35.1 Å². The molecule has 0 amide bonds. The van der Waals surface area contributed by atoms with Crippen LogP contribution >= 0.6 is 15.9 Å². The molecule has 18 heavy (non-hydrogen) atoms. The highest BCUT2D eigenvalue weighted by Crippen LogP contribution is 2.28. The molecule has 2 rings (SSSR count). The summed E-state index contributed by atoms with van der Waals surface area (Å²) in [4.78, 5) is 8.45. The van der Waals surface area contributed by atoms with Gasteiger partial charge in [-0.25, -0.2) is 4.39 Å². The number of para-hydroxylation sites is 1. The first kappa shape index (κ1) is 13.0. The van der Waals surface area contributed by atoms with Crippen LogP contribution in [0.2, 0.25) is 0 Å². The Morgan fingerprint density at radius 3 is 2.67 bits per heavy atom. The number of hydrogen-bond acceptors (Lipinski definition) is 3. The van der Waals surface area contributed by atoms with Crippen LogP contribution in [0.25, 0.3) is 0 Å². The maximum absolute atomic E-state index is 13.7. The molecule has 1 unspecified atom stereocenters. The van der Waals surface area contributed by atoms with Crippen molar-refractivity contribution in [2.24, 2.45) is 0 Å². The lowest BCUT2D eigenvalue weighted by molar-refractivity contribution is 0.625. The van der Waals surface area contributed by atoms with Crippen molar-refractivity contribution in [3.8, 4) is 0 Å². The van der Waals surface area contributed by atoms with Crippen LogP contribution in [0.3, 0.4) is 0 Å². The normalized spacial score (nSPS) is 12.2. The Morgan fingerprint density at radius 2 is 2.00 bits per heavy atom. The second-order valence-corrected chi connectivity index (χ2v) is 4.84. The Morgan fingerprint density at radius 1 is 1.28 bits per heavy atom. The van der Waals surface area contributed by atoms with E-state index in [9.17, 15) is 4.39 Å². The lowest BCUT2D eigenvalue weighted by atomic mass is 10.1. The summed E-state index contributed by atoms with van der Waals surface area (Å²) in [6, 6.07) is 4.75. The highest BCUT2D eigenvalue weighted by atomic mass is 79.9. The van der Waals surface area contributed by atoms with E-state index in [1.165, 1.54) is 6.07 Å². The summed E-state index contributed by atoms with van der Waals surface area (Å²) < 4.78 is 14.4. The van der Waals surface area contributed by atoms with Gasteiger partial charge in [0.25, 0.3) is 0 Å². The van der Waals surface area contributed by atoms with Gasteiger partial charge in [-0.1, -0.05) is 6.07 Å². The number of benzene rings is 1. The van der Waals surface area contributed by atoms with Crippen LogP contribution in [-0.2, 0) is 0 Å². The largest absolute Gasteiger partial charge is 0.374 e. The quantitative estimate of drug-likeness (QED) is 0.935. The average Bonchev–Trinajstić information content (AvgIpc) is 2.34. The number of nitrogens with zero attached hydrogens (tertiary/aromatic N) is 2. The number of halogens is 2. The van der Waals surface area contributed by atoms with E-state index in [1.54, 1.807) is 24.5 Å². The zero-order chi connectivity index (χ0) is 13.1. The fraction of sp³-hybridized carbons (Fsp3) is 0.231. The van der Waals surface area contributed by atoms with Gasteiger partial charge in [0, 0.05) is 16.9 Å². The summed E-state index contributed by atoms with van der Waals surface area (Å²) in [6.45, 7) is 3.81. The monoisotopic (exact) mass is 309 g/mol. The average molecular weight is 310 g/mol. The van der Waals surface area contributed by atoms with Crippen LogP contribution in [0.4, 0.5) is 10.1 Å². The zero-order valence-electron chi connectivity index (χ0n) is 10.1. The first-order valence-electron chi connectivity index (χ1n) is 5.57. The highest BCUT2D eigenvalue weighted by molar-refractivity contribution is 9.10. The van der Waals surface area contributed by atoms with Crippen LogP contribution in [-0.4, -0.2) is 9.97 Å². The van der Waals surface area contributed by atoms with Crippen molar-refractivity contribution < 1.29 is 4.39 Å². The van der Waals surface area contributed by atoms with Gasteiger partial charge in [0.1, 0.15) is 5.82 Å². The molecular formula is C13H13BrFN3. The molecule has 2 aromatic rings. The van der Waals surface area contributed by atoms with Gasteiger partial charge in [-0.15, -0.1) is 0 Å². The molecule has 0 fully saturated rings. The molecule has 1 N–H and O–H groups in total. The minimum Gasteiger partial charge on any atom is -0.374 e. The molecule has 0 spiro atoms. The molecular weight excluding hydrogens is 297 g/mol. The number of aryl methyl sites for hydroxylation is 1. The second kappa shape index (κ2) is 5.44. The topological polar surface area (TPSA) is 37.8 Å². The van der Waals surface area contributed by atoms with Crippen LogP contribution in [0.1, 0.15) is 24.4 Å².